The summed E-state index contributed by atoms with van der Waals surface area (Å²) in [5.74, 6) is -0.101. The summed E-state index contributed by atoms with van der Waals surface area (Å²) in [6.07, 6.45) is 2.41. The number of anilines is 1. The fourth-order valence-electron chi connectivity index (χ4n) is 2.56. The third-order valence-corrected chi connectivity index (χ3v) is 3.53. The van der Waals surface area contributed by atoms with Crippen molar-refractivity contribution in [3.63, 3.8) is 0 Å². The number of nitrogens with zero attached hydrogens (tertiary/aromatic N) is 2. The van der Waals surface area contributed by atoms with Crippen LogP contribution in [0.3, 0.4) is 0 Å². The molecule has 20 heavy (non-hydrogen) atoms. The second-order valence-corrected chi connectivity index (χ2v) is 4.80. The molecule has 1 aromatic heterocycles. The highest BCUT2D eigenvalue weighted by molar-refractivity contribution is 6.06. The number of hydrogen-bond acceptors (Lipinski definition) is 4. The lowest BCUT2D eigenvalue weighted by Crippen LogP contribution is -2.27. The van der Waals surface area contributed by atoms with Gasteiger partial charge in [0.15, 0.2) is 0 Å². The van der Waals surface area contributed by atoms with Gasteiger partial charge in [-0.15, -0.1) is 0 Å². The molecule has 5 heteroatoms. The highest BCUT2D eigenvalue weighted by Gasteiger charge is 2.17. The number of fused-ring (bicyclic) bond motifs is 1. The molecule has 0 amide bonds. The maximum absolute atomic E-state index is 11.3. The lowest BCUT2D eigenvalue weighted by Gasteiger charge is -2.22. The summed E-state index contributed by atoms with van der Waals surface area (Å²) in [6.45, 7) is 3.10. The number of aromatic nitrogens is 1. The van der Waals surface area contributed by atoms with E-state index in [1.807, 2.05) is 24.3 Å². The number of aromatic carboxylic acids is 1. The second-order valence-electron chi connectivity index (χ2n) is 4.80. The average Bonchev–Trinajstić information content (AvgIpc) is 2.75. The van der Waals surface area contributed by atoms with Gasteiger partial charge >= 0.3 is 5.97 Å². The third-order valence-electron chi connectivity index (χ3n) is 3.53. The van der Waals surface area contributed by atoms with E-state index in [0.717, 1.165) is 42.7 Å². The molecule has 0 radical (unpaired) electrons. The fourth-order valence-corrected chi connectivity index (χ4v) is 2.56. The summed E-state index contributed by atoms with van der Waals surface area (Å²) in [7, 11) is 0. The van der Waals surface area contributed by atoms with Crippen LogP contribution in [0, 0.1) is 0 Å². The molecule has 5 nitrogen and oxygen atoms in total. The molecular weight excluding hydrogens is 256 g/mol. The lowest BCUT2D eigenvalue weighted by molar-refractivity contribution is 0.0698. The van der Waals surface area contributed by atoms with E-state index in [1.54, 1.807) is 0 Å². The van der Waals surface area contributed by atoms with E-state index in [0.29, 0.717) is 6.61 Å². The van der Waals surface area contributed by atoms with Crippen LogP contribution in [0.2, 0.25) is 0 Å². The molecule has 0 spiro atoms. The summed E-state index contributed by atoms with van der Waals surface area (Å²) < 4.78 is 5.46. The Kier molecular flexibility index (Phi) is 3.52. The SMILES string of the molecule is O=C(O)c1cnc(N2CCCOCC2)c2ccccc12. The highest BCUT2D eigenvalue weighted by atomic mass is 16.5. The zero-order chi connectivity index (χ0) is 13.9. The number of pyridine rings is 1. The molecule has 0 atom stereocenters. The van der Waals surface area contributed by atoms with E-state index in [4.69, 9.17) is 4.74 Å². The van der Waals surface area contributed by atoms with E-state index < -0.39 is 5.97 Å². The van der Waals surface area contributed by atoms with Crippen molar-refractivity contribution in [3.05, 3.63) is 36.0 Å². The standard InChI is InChI=1S/C15H16N2O3/c18-15(19)13-10-16-14(12-5-2-1-4-11(12)13)17-6-3-8-20-9-7-17/h1-2,4-5,10H,3,6-9H2,(H,18,19). The van der Waals surface area contributed by atoms with Gasteiger partial charge in [-0.25, -0.2) is 9.78 Å². The quantitative estimate of drug-likeness (QED) is 0.907. The van der Waals surface area contributed by atoms with Crippen molar-refractivity contribution in [2.24, 2.45) is 0 Å². The van der Waals surface area contributed by atoms with Crippen LogP contribution >= 0.6 is 0 Å². The summed E-state index contributed by atoms with van der Waals surface area (Å²) >= 11 is 0. The number of carbonyl (C=O) groups is 1. The van der Waals surface area contributed by atoms with Crippen LogP contribution in [0.4, 0.5) is 5.82 Å². The van der Waals surface area contributed by atoms with Crippen molar-refractivity contribution in [1.29, 1.82) is 0 Å². The van der Waals surface area contributed by atoms with Gasteiger partial charge in [0.1, 0.15) is 5.82 Å². The third kappa shape index (κ3) is 2.32. The molecule has 0 saturated carbocycles. The first-order chi connectivity index (χ1) is 9.77. The highest BCUT2D eigenvalue weighted by Crippen LogP contribution is 2.27. The average molecular weight is 272 g/mol. The van der Waals surface area contributed by atoms with Crippen LogP contribution in [-0.4, -0.2) is 42.4 Å². The van der Waals surface area contributed by atoms with E-state index in [9.17, 15) is 9.90 Å². The Labute approximate surface area is 116 Å². The van der Waals surface area contributed by atoms with Gasteiger partial charge in [0.05, 0.1) is 12.2 Å². The van der Waals surface area contributed by atoms with Crippen LogP contribution in [-0.2, 0) is 4.74 Å². The van der Waals surface area contributed by atoms with Crippen LogP contribution in [0.1, 0.15) is 16.8 Å². The number of benzene rings is 1. The molecule has 1 aliphatic heterocycles. The minimum atomic E-state index is -0.945. The Bertz CT molecular complexity index is 634. The van der Waals surface area contributed by atoms with Crippen molar-refractivity contribution < 1.29 is 14.6 Å². The molecule has 1 saturated heterocycles. The van der Waals surface area contributed by atoms with Gasteiger partial charge in [0.2, 0.25) is 0 Å². The monoisotopic (exact) mass is 272 g/mol. The lowest BCUT2D eigenvalue weighted by atomic mass is 10.1. The van der Waals surface area contributed by atoms with Crippen LogP contribution < -0.4 is 4.90 Å². The predicted octanol–water partition coefficient (Wildman–Crippen LogP) is 2.16. The molecule has 2 aromatic rings. The maximum atomic E-state index is 11.3. The first kappa shape index (κ1) is 12.9. The first-order valence-electron chi connectivity index (χ1n) is 6.71. The Morgan fingerprint density at radius 3 is 2.80 bits per heavy atom. The van der Waals surface area contributed by atoms with Gasteiger partial charge in [-0.3, -0.25) is 0 Å². The van der Waals surface area contributed by atoms with Crippen molar-refractivity contribution in [2.45, 2.75) is 6.42 Å². The molecule has 0 aliphatic carbocycles. The molecule has 1 aromatic carbocycles. The summed E-state index contributed by atoms with van der Waals surface area (Å²) in [4.78, 5) is 17.8. The zero-order valence-corrected chi connectivity index (χ0v) is 11.1. The van der Waals surface area contributed by atoms with Gasteiger partial charge in [-0.1, -0.05) is 24.3 Å². The molecule has 2 heterocycles. The molecule has 1 N–H and O–H groups in total. The molecule has 1 fully saturated rings. The largest absolute Gasteiger partial charge is 0.478 e. The van der Waals surface area contributed by atoms with Gasteiger partial charge < -0.3 is 14.7 Å². The summed E-state index contributed by atoms with van der Waals surface area (Å²) in [6, 6.07) is 7.52. The molecule has 3 rings (SSSR count). The smallest absolute Gasteiger partial charge is 0.337 e. The normalized spacial score (nSPS) is 16.1. The topological polar surface area (TPSA) is 62.7 Å². The van der Waals surface area contributed by atoms with E-state index >= 15 is 0 Å². The molecular formula is C15H16N2O3. The Balaban J connectivity index is 2.12. The van der Waals surface area contributed by atoms with Gasteiger partial charge in [0.25, 0.3) is 0 Å². The summed E-state index contributed by atoms with van der Waals surface area (Å²) in [5.41, 5.74) is 0.246. The molecule has 1 aliphatic rings. The van der Waals surface area contributed by atoms with E-state index in [1.165, 1.54) is 6.20 Å². The Morgan fingerprint density at radius 2 is 2.00 bits per heavy atom. The van der Waals surface area contributed by atoms with Crippen molar-refractivity contribution in [3.8, 4) is 0 Å². The minimum Gasteiger partial charge on any atom is -0.478 e. The Hall–Kier alpha value is -2.14. The maximum Gasteiger partial charge on any atom is 0.337 e. The van der Waals surface area contributed by atoms with Crippen LogP contribution in [0.25, 0.3) is 10.8 Å². The number of rotatable bonds is 2. The van der Waals surface area contributed by atoms with Crippen LogP contribution in [0.15, 0.2) is 30.5 Å². The minimum absolute atomic E-state index is 0.246. The number of hydrogen-bond donors (Lipinski definition) is 1. The first-order valence-corrected chi connectivity index (χ1v) is 6.71. The summed E-state index contributed by atoms with van der Waals surface area (Å²) in [5, 5.41) is 10.9. The van der Waals surface area contributed by atoms with Crippen molar-refractivity contribution in [2.75, 3.05) is 31.2 Å². The fraction of sp³-hybridized carbons (Fsp3) is 0.333. The van der Waals surface area contributed by atoms with Gasteiger partial charge in [0, 0.05) is 36.7 Å². The molecule has 0 unspecified atom stereocenters. The van der Waals surface area contributed by atoms with E-state index in [-0.39, 0.29) is 5.56 Å². The number of carboxylic acids is 1. The molecule has 0 bridgehead atoms. The molecule has 104 valence electrons. The Morgan fingerprint density at radius 1 is 1.20 bits per heavy atom. The predicted molar refractivity (Wildman–Crippen MR) is 76.4 cm³/mol. The van der Waals surface area contributed by atoms with Gasteiger partial charge in [-0.2, -0.15) is 0 Å². The van der Waals surface area contributed by atoms with Crippen molar-refractivity contribution >= 4 is 22.6 Å². The number of ether oxygens (including phenoxy) is 1. The van der Waals surface area contributed by atoms with E-state index in [2.05, 4.69) is 9.88 Å². The number of carboxylic acid groups (broad SMARTS) is 1. The second kappa shape index (κ2) is 5.46. The van der Waals surface area contributed by atoms with Gasteiger partial charge in [-0.05, 0) is 6.42 Å². The zero-order valence-electron chi connectivity index (χ0n) is 11.1. The van der Waals surface area contributed by atoms with Crippen molar-refractivity contribution in [1.82, 2.24) is 4.98 Å². The van der Waals surface area contributed by atoms with Crippen LogP contribution in [0.5, 0.6) is 0 Å².